The second-order valence-electron chi connectivity index (χ2n) is 7.10. The number of nitrogens with zero attached hydrogens (tertiary/aromatic N) is 3. The molecule has 2 heterocycles. The molecule has 0 aromatic carbocycles. The number of aromatic nitrogens is 1. The molecule has 0 bridgehead atoms. The van der Waals surface area contributed by atoms with Crippen molar-refractivity contribution >= 4 is 35.8 Å². The van der Waals surface area contributed by atoms with E-state index in [0.29, 0.717) is 6.54 Å². The third kappa shape index (κ3) is 9.10. The molecule has 154 valence electrons. The fourth-order valence-corrected chi connectivity index (χ4v) is 3.00. The smallest absolute Gasteiger partial charge is 0.191 e. The maximum atomic E-state index is 5.45. The predicted octanol–water partition coefficient (Wildman–Crippen LogP) is 3.42. The molecule has 1 aromatic rings. The summed E-state index contributed by atoms with van der Waals surface area (Å²) in [4.78, 5) is 11.7. The number of aliphatic imine (C=N–C) groups is 1. The summed E-state index contributed by atoms with van der Waals surface area (Å²) in [5.74, 6) is 2.70. The fraction of sp³-hybridized carbons (Fsp3) is 0.700. The van der Waals surface area contributed by atoms with Crippen molar-refractivity contribution in [3.05, 3.63) is 23.9 Å². The molecule has 0 atom stereocenters. The van der Waals surface area contributed by atoms with Crippen molar-refractivity contribution in [1.29, 1.82) is 0 Å². The lowest BCUT2D eigenvalue weighted by molar-refractivity contribution is 0.122. The zero-order chi connectivity index (χ0) is 18.6. The van der Waals surface area contributed by atoms with Crippen LogP contribution >= 0.6 is 24.0 Å². The van der Waals surface area contributed by atoms with Crippen LogP contribution in [0.4, 0.5) is 5.82 Å². The van der Waals surface area contributed by atoms with Crippen molar-refractivity contribution in [2.75, 3.05) is 44.3 Å². The van der Waals surface area contributed by atoms with Gasteiger partial charge in [-0.3, -0.25) is 0 Å². The number of unbranched alkanes of at least 4 members (excludes halogenated alkanes) is 1. The number of guanidine groups is 1. The summed E-state index contributed by atoms with van der Waals surface area (Å²) >= 11 is 0. The number of rotatable bonds is 9. The van der Waals surface area contributed by atoms with E-state index in [9.17, 15) is 0 Å². The van der Waals surface area contributed by atoms with Crippen LogP contribution in [0.15, 0.2) is 23.3 Å². The van der Waals surface area contributed by atoms with Crippen LogP contribution in [0.1, 0.15) is 45.6 Å². The van der Waals surface area contributed by atoms with E-state index < -0.39 is 0 Å². The Labute approximate surface area is 181 Å². The lowest BCUT2D eigenvalue weighted by Crippen LogP contribution is -2.38. The van der Waals surface area contributed by atoms with Crippen LogP contribution in [0.2, 0.25) is 0 Å². The van der Waals surface area contributed by atoms with Gasteiger partial charge in [0, 0.05) is 37.9 Å². The second-order valence-corrected chi connectivity index (χ2v) is 7.10. The minimum atomic E-state index is 0. The SMILES string of the molecule is CCNC(=NCc1cccnc1N1CCOCC1)NCCCCC(C)C.I. The van der Waals surface area contributed by atoms with Gasteiger partial charge < -0.3 is 20.3 Å². The highest BCUT2D eigenvalue weighted by molar-refractivity contribution is 14.0. The van der Waals surface area contributed by atoms with Gasteiger partial charge in [-0.1, -0.05) is 32.8 Å². The first-order chi connectivity index (χ1) is 12.7. The molecule has 7 heteroatoms. The second kappa shape index (κ2) is 14.0. The van der Waals surface area contributed by atoms with E-state index in [1.807, 2.05) is 12.3 Å². The topological polar surface area (TPSA) is 61.8 Å². The molecule has 1 saturated heterocycles. The van der Waals surface area contributed by atoms with E-state index in [0.717, 1.165) is 62.7 Å². The minimum Gasteiger partial charge on any atom is -0.378 e. The van der Waals surface area contributed by atoms with Crippen molar-refractivity contribution < 1.29 is 4.74 Å². The fourth-order valence-electron chi connectivity index (χ4n) is 3.00. The number of morpholine rings is 1. The number of hydrogen-bond acceptors (Lipinski definition) is 4. The Kier molecular flexibility index (Phi) is 12.4. The van der Waals surface area contributed by atoms with E-state index in [-0.39, 0.29) is 24.0 Å². The first-order valence-corrected chi connectivity index (χ1v) is 9.99. The van der Waals surface area contributed by atoms with Crippen LogP contribution in [-0.4, -0.2) is 50.3 Å². The van der Waals surface area contributed by atoms with Crippen molar-refractivity contribution in [2.45, 2.75) is 46.6 Å². The lowest BCUT2D eigenvalue weighted by atomic mass is 10.1. The van der Waals surface area contributed by atoms with Gasteiger partial charge in [-0.25, -0.2) is 9.98 Å². The Morgan fingerprint density at radius 1 is 1.26 bits per heavy atom. The van der Waals surface area contributed by atoms with E-state index >= 15 is 0 Å². The number of pyridine rings is 1. The van der Waals surface area contributed by atoms with Crippen LogP contribution in [-0.2, 0) is 11.3 Å². The molecule has 1 aliphatic heterocycles. The monoisotopic (exact) mass is 489 g/mol. The molecule has 1 aliphatic rings. The number of anilines is 1. The Balaban J connectivity index is 0.00000364. The zero-order valence-electron chi connectivity index (χ0n) is 17.0. The molecule has 0 aliphatic carbocycles. The summed E-state index contributed by atoms with van der Waals surface area (Å²) in [6, 6.07) is 4.11. The number of nitrogens with one attached hydrogen (secondary N) is 2. The van der Waals surface area contributed by atoms with Crippen LogP contribution in [0.25, 0.3) is 0 Å². The van der Waals surface area contributed by atoms with Crippen LogP contribution in [0.3, 0.4) is 0 Å². The van der Waals surface area contributed by atoms with Crippen molar-refractivity contribution in [2.24, 2.45) is 10.9 Å². The van der Waals surface area contributed by atoms with Gasteiger partial charge in [-0.2, -0.15) is 0 Å². The van der Waals surface area contributed by atoms with Gasteiger partial charge >= 0.3 is 0 Å². The van der Waals surface area contributed by atoms with Crippen molar-refractivity contribution in [3.63, 3.8) is 0 Å². The molecule has 0 spiro atoms. The molecule has 0 amide bonds. The maximum Gasteiger partial charge on any atom is 0.191 e. The molecular formula is C20H36IN5O. The van der Waals surface area contributed by atoms with E-state index in [1.54, 1.807) is 0 Å². The molecule has 1 aromatic heterocycles. The van der Waals surface area contributed by atoms with Gasteiger partial charge in [-0.05, 0) is 25.3 Å². The molecule has 2 N–H and O–H groups in total. The highest BCUT2D eigenvalue weighted by Crippen LogP contribution is 2.19. The Morgan fingerprint density at radius 3 is 2.74 bits per heavy atom. The zero-order valence-corrected chi connectivity index (χ0v) is 19.4. The number of hydrogen-bond donors (Lipinski definition) is 2. The van der Waals surface area contributed by atoms with Crippen molar-refractivity contribution in [1.82, 2.24) is 15.6 Å². The third-order valence-electron chi connectivity index (χ3n) is 4.43. The maximum absolute atomic E-state index is 5.45. The normalized spacial score (nSPS) is 14.8. The average molecular weight is 489 g/mol. The van der Waals surface area contributed by atoms with E-state index in [2.05, 4.69) is 47.4 Å². The summed E-state index contributed by atoms with van der Waals surface area (Å²) in [6.45, 7) is 12.4. The first-order valence-electron chi connectivity index (χ1n) is 9.99. The average Bonchev–Trinajstić information content (AvgIpc) is 2.66. The molecule has 0 unspecified atom stereocenters. The summed E-state index contributed by atoms with van der Waals surface area (Å²) in [6.07, 6.45) is 5.58. The Morgan fingerprint density at radius 2 is 2.04 bits per heavy atom. The van der Waals surface area contributed by atoms with Gasteiger partial charge in [-0.15, -0.1) is 24.0 Å². The predicted molar refractivity (Wildman–Crippen MR) is 124 cm³/mol. The highest BCUT2D eigenvalue weighted by atomic mass is 127. The molecule has 27 heavy (non-hydrogen) atoms. The summed E-state index contributed by atoms with van der Waals surface area (Å²) in [5.41, 5.74) is 1.16. The van der Waals surface area contributed by atoms with E-state index in [4.69, 9.17) is 9.73 Å². The number of halogens is 1. The molecule has 2 rings (SSSR count). The van der Waals surface area contributed by atoms with Gasteiger partial charge in [0.2, 0.25) is 0 Å². The Bertz CT molecular complexity index is 547. The summed E-state index contributed by atoms with van der Waals surface area (Å²) in [7, 11) is 0. The van der Waals surface area contributed by atoms with Crippen molar-refractivity contribution in [3.8, 4) is 0 Å². The van der Waals surface area contributed by atoms with E-state index in [1.165, 1.54) is 19.3 Å². The highest BCUT2D eigenvalue weighted by Gasteiger charge is 2.15. The molecule has 0 saturated carbocycles. The largest absolute Gasteiger partial charge is 0.378 e. The van der Waals surface area contributed by atoms with Gasteiger partial charge in [0.1, 0.15) is 5.82 Å². The summed E-state index contributed by atoms with van der Waals surface area (Å²) in [5, 5.41) is 6.78. The Hall–Kier alpha value is -1.09. The molecule has 0 radical (unpaired) electrons. The number of ether oxygens (including phenoxy) is 1. The van der Waals surface area contributed by atoms with Crippen LogP contribution in [0.5, 0.6) is 0 Å². The molecule has 1 fully saturated rings. The minimum absolute atomic E-state index is 0. The third-order valence-corrected chi connectivity index (χ3v) is 4.43. The standard InChI is InChI=1S/C20H35N5O.HI/c1-4-21-20(23-10-6-5-8-17(2)3)24-16-18-9-7-11-22-19(18)25-12-14-26-15-13-25;/h7,9,11,17H,4-6,8,10,12-16H2,1-3H3,(H2,21,23,24);1H. The summed E-state index contributed by atoms with van der Waals surface area (Å²) < 4.78 is 5.45. The molecular weight excluding hydrogens is 453 g/mol. The van der Waals surface area contributed by atoms with Crippen LogP contribution < -0.4 is 15.5 Å². The lowest BCUT2D eigenvalue weighted by Gasteiger charge is -2.29. The van der Waals surface area contributed by atoms with Crippen LogP contribution in [0, 0.1) is 5.92 Å². The van der Waals surface area contributed by atoms with Gasteiger partial charge in [0.15, 0.2) is 5.96 Å². The quantitative estimate of drug-likeness (QED) is 0.241. The van der Waals surface area contributed by atoms with Gasteiger partial charge in [0.25, 0.3) is 0 Å². The first kappa shape index (κ1) is 23.9. The van der Waals surface area contributed by atoms with Gasteiger partial charge in [0.05, 0.1) is 19.8 Å². The molecule has 6 nitrogen and oxygen atoms in total.